The number of urea groups is 2. The Morgan fingerprint density at radius 1 is 1.44 bits per heavy atom. The molecule has 0 saturated carbocycles. The van der Waals surface area contributed by atoms with Crippen LogP contribution >= 0.6 is 0 Å². The fourth-order valence-electron chi connectivity index (χ4n) is 1.71. The number of hydrogen-bond acceptors (Lipinski definition) is 4. The Bertz CT molecular complexity index is 382. The van der Waals surface area contributed by atoms with Crippen LogP contribution in [-0.2, 0) is 9.59 Å². The summed E-state index contributed by atoms with van der Waals surface area (Å²) in [5.41, 5.74) is 4.87. The van der Waals surface area contributed by atoms with Crippen LogP contribution in [0.25, 0.3) is 0 Å². The summed E-state index contributed by atoms with van der Waals surface area (Å²) in [5, 5.41) is 4.39. The van der Waals surface area contributed by atoms with Gasteiger partial charge < -0.3 is 11.1 Å². The van der Waals surface area contributed by atoms with Gasteiger partial charge in [0.2, 0.25) is 11.8 Å². The van der Waals surface area contributed by atoms with Crippen molar-refractivity contribution in [3.63, 3.8) is 0 Å². The first-order chi connectivity index (χ1) is 8.47. The molecule has 0 spiro atoms. The van der Waals surface area contributed by atoms with Crippen molar-refractivity contribution >= 4 is 23.9 Å². The van der Waals surface area contributed by atoms with Crippen molar-refractivity contribution in [1.29, 1.82) is 0 Å². The Morgan fingerprint density at radius 3 is 2.67 bits per heavy atom. The van der Waals surface area contributed by atoms with Gasteiger partial charge in [0, 0.05) is 13.1 Å². The van der Waals surface area contributed by atoms with E-state index >= 15 is 0 Å². The van der Waals surface area contributed by atoms with Crippen LogP contribution in [-0.4, -0.2) is 41.9 Å². The van der Waals surface area contributed by atoms with Crippen LogP contribution in [0.4, 0.5) is 9.59 Å². The summed E-state index contributed by atoms with van der Waals surface area (Å²) in [6, 6.07) is -1.50. The number of carbonyl (C=O) groups excluding carboxylic acids is 4. The van der Waals surface area contributed by atoms with Crippen LogP contribution < -0.4 is 16.4 Å². The van der Waals surface area contributed by atoms with Gasteiger partial charge in [-0.25, -0.2) is 9.59 Å². The Morgan fingerprint density at radius 2 is 2.11 bits per heavy atom. The number of nitrogens with zero attached hydrogens (tertiary/aromatic N) is 1. The molecular formula is C10H16N4O4. The molecule has 1 aliphatic heterocycles. The van der Waals surface area contributed by atoms with Crippen LogP contribution in [0.15, 0.2) is 0 Å². The first-order valence-corrected chi connectivity index (χ1v) is 5.66. The molecule has 1 unspecified atom stereocenters. The maximum Gasteiger partial charge on any atom is 0.330 e. The number of imide groups is 2. The zero-order valence-corrected chi connectivity index (χ0v) is 10.1. The number of nitrogens with one attached hydrogen (secondary N) is 2. The molecule has 1 heterocycles. The predicted molar refractivity (Wildman–Crippen MR) is 61.2 cm³/mol. The summed E-state index contributed by atoms with van der Waals surface area (Å²) in [4.78, 5) is 46.2. The summed E-state index contributed by atoms with van der Waals surface area (Å²) in [6.45, 7) is 1.89. The fourth-order valence-corrected chi connectivity index (χ4v) is 1.71. The SMILES string of the molecule is CCCC1C(=O)NC(=O)N(CCNC(N)=O)C1=O. The monoisotopic (exact) mass is 256 g/mol. The van der Waals surface area contributed by atoms with E-state index in [-0.39, 0.29) is 13.1 Å². The van der Waals surface area contributed by atoms with Gasteiger partial charge in [-0.3, -0.25) is 19.8 Å². The molecule has 100 valence electrons. The molecule has 1 fully saturated rings. The number of amides is 6. The topological polar surface area (TPSA) is 122 Å². The maximum atomic E-state index is 11.9. The lowest BCUT2D eigenvalue weighted by Gasteiger charge is -2.29. The van der Waals surface area contributed by atoms with E-state index in [0.29, 0.717) is 12.8 Å². The molecule has 1 saturated heterocycles. The van der Waals surface area contributed by atoms with Crippen molar-refractivity contribution in [2.45, 2.75) is 19.8 Å². The number of nitrogens with two attached hydrogens (primary N) is 1. The molecule has 1 rings (SSSR count). The number of barbiturate groups is 1. The van der Waals surface area contributed by atoms with Gasteiger partial charge in [-0.1, -0.05) is 13.3 Å². The lowest BCUT2D eigenvalue weighted by Crippen LogP contribution is -2.59. The number of rotatable bonds is 5. The standard InChI is InChI=1S/C10H16N4O4/c1-2-3-6-7(15)13-10(18)14(8(6)16)5-4-12-9(11)17/h6H,2-5H2,1H3,(H3,11,12,17)(H,13,15,18). The van der Waals surface area contributed by atoms with E-state index < -0.39 is 29.8 Å². The number of primary amides is 1. The van der Waals surface area contributed by atoms with E-state index in [2.05, 4.69) is 10.6 Å². The quantitative estimate of drug-likeness (QED) is 0.554. The van der Waals surface area contributed by atoms with Crippen LogP contribution in [0.2, 0.25) is 0 Å². The summed E-state index contributed by atoms with van der Waals surface area (Å²) in [6.07, 6.45) is 1.04. The minimum absolute atomic E-state index is 0.0128. The first kappa shape index (κ1) is 13.9. The second kappa shape index (κ2) is 5.99. The Labute approximate surface area is 104 Å². The molecule has 4 N–H and O–H groups in total. The van der Waals surface area contributed by atoms with E-state index in [0.717, 1.165) is 4.90 Å². The van der Waals surface area contributed by atoms with E-state index in [1.165, 1.54) is 0 Å². The highest BCUT2D eigenvalue weighted by atomic mass is 16.2. The summed E-state index contributed by atoms with van der Waals surface area (Å²) in [5.74, 6) is -1.93. The van der Waals surface area contributed by atoms with E-state index in [1.54, 1.807) is 0 Å². The summed E-state index contributed by atoms with van der Waals surface area (Å²) >= 11 is 0. The highest BCUT2D eigenvalue weighted by molar-refractivity contribution is 6.16. The van der Waals surface area contributed by atoms with E-state index in [1.807, 2.05) is 6.92 Å². The van der Waals surface area contributed by atoms with Gasteiger partial charge in [0.15, 0.2) is 0 Å². The molecule has 1 aliphatic rings. The smallest absolute Gasteiger partial charge is 0.330 e. The summed E-state index contributed by atoms with van der Waals surface area (Å²) in [7, 11) is 0. The average Bonchev–Trinajstić information content (AvgIpc) is 2.28. The number of carbonyl (C=O) groups is 4. The molecule has 8 nitrogen and oxygen atoms in total. The second-order valence-electron chi connectivity index (χ2n) is 3.92. The molecule has 18 heavy (non-hydrogen) atoms. The van der Waals surface area contributed by atoms with Crippen LogP contribution in [0.3, 0.4) is 0 Å². The molecule has 8 heteroatoms. The second-order valence-corrected chi connectivity index (χ2v) is 3.92. The Balaban J connectivity index is 2.65. The minimum atomic E-state index is -0.832. The van der Waals surface area contributed by atoms with Gasteiger partial charge in [-0.05, 0) is 6.42 Å². The lowest BCUT2D eigenvalue weighted by atomic mass is 9.99. The third kappa shape index (κ3) is 3.19. The Hall–Kier alpha value is -2.12. The molecule has 0 aromatic rings. The fraction of sp³-hybridized carbons (Fsp3) is 0.600. The van der Waals surface area contributed by atoms with Crippen molar-refractivity contribution in [2.75, 3.05) is 13.1 Å². The molecule has 0 aliphatic carbocycles. The third-order valence-corrected chi connectivity index (χ3v) is 2.57. The molecule has 6 amide bonds. The summed E-state index contributed by atoms with van der Waals surface area (Å²) < 4.78 is 0. The van der Waals surface area contributed by atoms with Gasteiger partial charge in [-0.2, -0.15) is 0 Å². The van der Waals surface area contributed by atoms with Crippen LogP contribution in [0.5, 0.6) is 0 Å². The average molecular weight is 256 g/mol. The van der Waals surface area contributed by atoms with Gasteiger partial charge >= 0.3 is 12.1 Å². The van der Waals surface area contributed by atoms with Crippen molar-refractivity contribution in [1.82, 2.24) is 15.5 Å². The molecule has 0 aromatic carbocycles. The van der Waals surface area contributed by atoms with Gasteiger partial charge in [-0.15, -0.1) is 0 Å². The first-order valence-electron chi connectivity index (χ1n) is 5.66. The van der Waals surface area contributed by atoms with Gasteiger partial charge in [0.25, 0.3) is 0 Å². The predicted octanol–water partition coefficient (Wildman–Crippen LogP) is -0.851. The minimum Gasteiger partial charge on any atom is -0.352 e. The lowest BCUT2D eigenvalue weighted by molar-refractivity contribution is -0.142. The third-order valence-electron chi connectivity index (χ3n) is 2.57. The van der Waals surface area contributed by atoms with Crippen molar-refractivity contribution in [3.8, 4) is 0 Å². The van der Waals surface area contributed by atoms with E-state index in [4.69, 9.17) is 5.73 Å². The van der Waals surface area contributed by atoms with Gasteiger partial charge in [0.05, 0.1) is 0 Å². The van der Waals surface area contributed by atoms with Crippen molar-refractivity contribution in [2.24, 2.45) is 11.7 Å². The largest absolute Gasteiger partial charge is 0.352 e. The zero-order valence-electron chi connectivity index (χ0n) is 10.1. The van der Waals surface area contributed by atoms with Gasteiger partial charge in [0.1, 0.15) is 5.92 Å². The van der Waals surface area contributed by atoms with Crippen LogP contribution in [0, 0.1) is 5.92 Å². The maximum absolute atomic E-state index is 11.9. The molecule has 1 atom stereocenters. The van der Waals surface area contributed by atoms with Crippen molar-refractivity contribution in [3.05, 3.63) is 0 Å². The molecule has 0 aromatic heterocycles. The number of hydrogen-bond donors (Lipinski definition) is 3. The highest BCUT2D eigenvalue weighted by Gasteiger charge is 2.39. The molecular weight excluding hydrogens is 240 g/mol. The Kier molecular flexibility index (Phi) is 4.64. The van der Waals surface area contributed by atoms with Crippen molar-refractivity contribution < 1.29 is 19.2 Å². The highest BCUT2D eigenvalue weighted by Crippen LogP contribution is 2.15. The molecule has 0 bridgehead atoms. The van der Waals surface area contributed by atoms with E-state index in [9.17, 15) is 19.2 Å². The zero-order chi connectivity index (χ0) is 13.7. The normalized spacial score (nSPS) is 19.7. The molecule has 0 radical (unpaired) electrons. The van der Waals surface area contributed by atoms with Crippen LogP contribution in [0.1, 0.15) is 19.8 Å².